The first kappa shape index (κ1) is 13.5. The van der Waals surface area contributed by atoms with E-state index in [1.165, 1.54) is 31.4 Å². The van der Waals surface area contributed by atoms with Crippen molar-refractivity contribution < 1.29 is 13.9 Å². The van der Waals surface area contributed by atoms with Crippen LogP contribution in [0.2, 0.25) is 0 Å². The molecule has 0 amide bonds. The lowest BCUT2D eigenvalue weighted by Gasteiger charge is -2.25. The summed E-state index contributed by atoms with van der Waals surface area (Å²) < 4.78 is 26.3. The summed E-state index contributed by atoms with van der Waals surface area (Å²) in [5, 5.41) is 10.3. The highest BCUT2D eigenvalue weighted by Gasteiger charge is 2.22. The van der Waals surface area contributed by atoms with E-state index in [0.29, 0.717) is 5.56 Å². The van der Waals surface area contributed by atoms with Crippen LogP contribution in [0.4, 0.5) is 8.78 Å². The van der Waals surface area contributed by atoms with Crippen molar-refractivity contribution in [3.63, 3.8) is 0 Å². The lowest BCUT2D eigenvalue weighted by atomic mass is 9.84. The number of benzene rings is 1. The number of hydrogen-bond acceptors (Lipinski definition) is 1. The highest BCUT2D eigenvalue weighted by atomic mass is 19.1. The maximum absolute atomic E-state index is 13.1. The van der Waals surface area contributed by atoms with E-state index in [1.54, 1.807) is 0 Å². The van der Waals surface area contributed by atoms with Gasteiger partial charge in [-0.15, -0.1) is 0 Å². The molecular formula is C15H20F2O. The Morgan fingerprint density at radius 1 is 0.889 bits per heavy atom. The second-order valence-corrected chi connectivity index (χ2v) is 5.25. The average molecular weight is 254 g/mol. The molecule has 2 rings (SSSR count). The van der Waals surface area contributed by atoms with Crippen LogP contribution in [0.5, 0.6) is 0 Å². The summed E-state index contributed by atoms with van der Waals surface area (Å²) in [4.78, 5) is 0. The fraction of sp³-hybridized carbons (Fsp3) is 0.600. The highest BCUT2D eigenvalue weighted by Crippen LogP contribution is 2.33. The van der Waals surface area contributed by atoms with Crippen LogP contribution >= 0.6 is 0 Å². The molecule has 1 atom stereocenters. The summed E-state index contributed by atoms with van der Waals surface area (Å²) in [5.74, 6) is -1.10. The van der Waals surface area contributed by atoms with Gasteiger partial charge in [-0.2, -0.15) is 0 Å². The summed E-state index contributed by atoms with van der Waals surface area (Å²) in [6, 6.07) is 3.33. The standard InChI is InChI=1S/C15H20F2O/c16-13-8-12(9-14(17)10-13)15(18)11-6-4-2-1-3-5-7-11/h8-11,15,18H,1-7H2. The van der Waals surface area contributed by atoms with Gasteiger partial charge in [0.1, 0.15) is 11.6 Å². The minimum atomic E-state index is -0.742. The average Bonchev–Trinajstić information content (AvgIpc) is 2.26. The van der Waals surface area contributed by atoms with E-state index in [-0.39, 0.29) is 5.92 Å². The van der Waals surface area contributed by atoms with E-state index in [2.05, 4.69) is 0 Å². The van der Waals surface area contributed by atoms with Gasteiger partial charge in [-0.3, -0.25) is 0 Å². The monoisotopic (exact) mass is 254 g/mol. The van der Waals surface area contributed by atoms with Gasteiger partial charge in [-0.05, 0) is 36.5 Å². The van der Waals surface area contributed by atoms with Gasteiger partial charge in [0.2, 0.25) is 0 Å². The van der Waals surface area contributed by atoms with Crippen LogP contribution in [0.1, 0.15) is 56.6 Å². The van der Waals surface area contributed by atoms with Crippen LogP contribution in [0.15, 0.2) is 18.2 Å². The van der Waals surface area contributed by atoms with Gasteiger partial charge in [0.15, 0.2) is 0 Å². The molecule has 1 aromatic carbocycles. The Balaban J connectivity index is 2.10. The maximum atomic E-state index is 13.1. The molecule has 100 valence electrons. The zero-order chi connectivity index (χ0) is 13.0. The summed E-state index contributed by atoms with van der Waals surface area (Å²) in [6.45, 7) is 0. The van der Waals surface area contributed by atoms with Gasteiger partial charge in [-0.25, -0.2) is 8.78 Å². The van der Waals surface area contributed by atoms with Crippen molar-refractivity contribution in [1.82, 2.24) is 0 Å². The van der Waals surface area contributed by atoms with Crippen molar-refractivity contribution in [3.8, 4) is 0 Å². The van der Waals surface area contributed by atoms with Gasteiger partial charge < -0.3 is 5.11 Å². The van der Waals surface area contributed by atoms with Gasteiger partial charge in [0.05, 0.1) is 6.10 Å². The second-order valence-electron chi connectivity index (χ2n) is 5.25. The van der Waals surface area contributed by atoms with Gasteiger partial charge >= 0.3 is 0 Å². The topological polar surface area (TPSA) is 20.2 Å². The predicted molar refractivity (Wildman–Crippen MR) is 67.1 cm³/mol. The molecule has 1 aromatic rings. The minimum absolute atomic E-state index is 0.131. The van der Waals surface area contributed by atoms with Gasteiger partial charge in [0.25, 0.3) is 0 Å². The smallest absolute Gasteiger partial charge is 0.126 e. The molecule has 0 bridgehead atoms. The van der Waals surface area contributed by atoms with Crippen molar-refractivity contribution in [1.29, 1.82) is 0 Å². The Morgan fingerprint density at radius 3 is 1.94 bits per heavy atom. The largest absolute Gasteiger partial charge is 0.388 e. The zero-order valence-electron chi connectivity index (χ0n) is 10.5. The molecule has 0 aromatic heterocycles. The van der Waals surface area contributed by atoms with Crippen molar-refractivity contribution in [2.45, 2.75) is 51.0 Å². The van der Waals surface area contributed by atoms with Crippen LogP contribution in [-0.4, -0.2) is 5.11 Å². The summed E-state index contributed by atoms with van der Waals surface area (Å²) in [5.41, 5.74) is 0.373. The molecule has 0 aliphatic heterocycles. The number of hydrogen-bond donors (Lipinski definition) is 1. The molecule has 0 spiro atoms. The first-order chi connectivity index (χ1) is 8.66. The van der Waals surface area contributed by atoms with E-state index < -0.39 is 17.7 Å². The Hall–Kier alpha value is -0.960. The van der Waals surface area contributed by atoms with Gasteiger partial charge in [-0.1, -0.05) is 32.1 Å². The lowest BCUT2D eigenvalue weighted by molar-refractivity contribution is 0.0907. The fourth-order valence-electron chi connectivity index (χ4n) is 2.82. The van der Waals surface area contributed by atoms with Gasteiger partial charge in [0, 0.05) is 6.07 Å². The SMILES string of the molecule is OC(c1cc(F)cc(F)c1)C1CCCCCCC1. The van der Waals surface area contributed by atoms with E-state index in [4.69, 9.17) is 0 Å². The van der Waals surface area contributed by atoms with Crippen molar-refractivity contribution >= 4 is 0 Å². The van der Waals surface area contributed by atoms with E-state index in [1.807, 2.05) is 0 Å². The van der Waals surface area contributed by atoms with Crippen molar-refractivity contribution in [2.24, 2.45) is 5.92 Å². The normalized spacial score (nSPS) is 20.2. The molecule has 1 unspecified atom stereocenters. The zero-order valence-corrected chi connectivity index (χ0v) is 10.5. The van der Waals surface area contributed by atoms with Crippen LogP contribution in [0.3, 0.4) is 0 Å². The Kier molecular flexibility index (Phi) is 4.70. The molecule has 1 nitrogen and oxygen atoms in total. The first-order valence-electron chi connectivity index (χ1n) is 6.81. The van der Waals surface area contributed by atoms with Crippen LogP contribution < -0.4 is 0 Å². The molecular weight excluding hydrogens is 234 g/mol. The molecule has 18 heavy (non-hydrogen) atoms. The molecule has 3 heteroatoms. The third-order valence-electron chi connectivity index (χ3n) is 3.82. The molecule has 0 saturated heterocycles. The maximum Gasteiger partial charge on any atom is 0.126 e. The third-order valence-corrected chi connectivity index (χ3v) is 3.82. The summed E-state index contributed by atoms with van der Waals surface area (Å²) >= 11 is 0. The predicted octanol–water partition coefficient (Wildman–Crippen LogP) is 4.36. The van der Waals surface area contributed by atoms with E-state index >= 15 is 0 Å². The second kappa shape index (κ2) is 6.28. The van der Waals surface area contributed by atoms with Crippen LogP contribution in [0, 0.1) is 17.6 Å². The Labute approximate surface area is 107 Å². The van der Waals surface area contributed by atoms with Crippen LogP contribution in [0.25, 0.3) is 0 Å². The Bertz CT molecular complexity index is 364. The summed E-state index contributed by atoms with van der Waals surface area (Å²) in [6.07, 6.45) is 6.99. The van der Waals surface area contributed by atoms with Crippen molar-refractivity contribution in [3.05, 3.63) is 35.4 Å². The third kappa shape index (κ3) is 3.52. The van der Waals surface area contributed by atoms with Crippen molar-refractivity contribution in [2.75, 3.05) is 0 Å². The molecule has 0 heterocycles. The molecule has 1 N–H and O–H groups in total. The molecule has 0 radical (unpaired) electrons. The Morgan fingerprint density at radius 2 is 1.39 bits per heavy atom. The number of aliphatic hydroxyl groups is 1. The minimum Gasteiger partial charge on any atom is -0.388 e. The first-order valence-corrected chi connectivity index (χ1v) is 6.81. The quantitative estimate of drug-likeness (QED) is 0.831. The van der Waals surface area contributed by atoms with E-state index in [0.717, 1.165) is 31.7 Å². The molecule has 1 aliphatic rings. The lowest BCUT2D eigenvalue weighted by Crippen LogP contribution is -2.14. The molecule has 1 aliphatic carbocycles. The molecule has 1 saturated carbocycles. The summed E-state index contributed by atoms with van der Waals surface area (Å²) in [7, 11) is 0. The van der Waals surface area contributed by atoms with E-state index in [9.17, 15) is 13.9 Å². The molecule has 1 fully saturated rings. The number of halogens is 2. The number of aliphatic hydroxyl groups excluding tert-OH is 1. The van der Waals surface area contributed by atoms with Crippen LogP contribution in [-0.2, 0) is 0 Å². The number of rotatable bonds is 2. The highest BCUT2D eigenvalue weighted by molar-refractivity contribution is 5.20. The fourth-order valence-corrected chi connectivity index (χ4v) is 2.82.